The molecule has 2 atom stereocenters. The first kappa shape index (κ1) is 18.7. The molecule has 0 bridgehead atoms. The minimum atomic E-state index is -0.715. The van der Waals surface area contributed by atoms with Crippen LogP contribution in [0.15, 0.2) is 30.3 Å². The van der Waals surface area contributed by atoms with Gasteiger partial charge in [0.1, 0.15) is 12.6 Å². The van der Waals surface area contributed by atoms with E-state index in [1.165, 1.54) is 7.11 Å². The molecular formula is C20H27NO5. The summed E-state index contributed by atoms with van der Waals surface area (Å²) in [5, 5.41) is 2.69. The van der Waals surface area contributed by atoms with E-state index in [0.717, 1.165) is 44.1 Å². The summed E-state index contributed by atoms with van der Waals surface area (Å²) >= 11 is 0. The molecule has 2 aliphatic rings. The van der Waals surface area contributed by atoms with Crippen molar-refractivity contribution in [1.29, 1.82) is 0 Å². The van der Waals surface area contributed by atoms with E-state index in [1.807, 2.05) is 30.3 Å². The van der Waals surface area contributed by atoms with Gasteiger partial charge in [-0.1, -0.05) is 43.2 Å². The number of alkyl carbamates (subject to hydrolysis) is 1. The lowest BCUT2D eigenvalue weighted by atomic mass is 9.80. The first-order chi connectivity index (χ1) is 12.6. The van der Waals surface area contributed by atoms with Gasteiger partial charge in [-0.2, -0.15) is 0 Å². The topological polar surface area (TPSA) is 73.9 Å². The molecule has 3 rings (SSSR count). The standard InChI is InChI=1S/C20H27NO5/c1-24-19(23)21-17(18(22)25-14-15-7-3-2-4-8-15)16-9-12-26-20(13-16)10-5-6-11-20/h2-4,7-8,16-17H,5-6,9-14H2,1H3,(H,21,23). The van der Waals surface area contributed by atoms with Crippen LogP contribution in [-0.4, -0.2) is 37.4 Å². The predicted molar refractivity (Wildman–Crippen MR) is 95.4 cm³/mol. The quantitative estimate of drug-likeness (QED) is 0.815. The molecule has 1 heterocycles. The fraction of sp³-hybridized carbons (Fsp3) is 0.600. The Morgan fingerprint density at radius 1 is 1.27 bits per heavy atom. The summed E-state index contributed by atoms with van der Waals surface area (Å²) in [6.45, 7) is 0.795. The van der Waals surface area contributed by atoms with Crippen molar-refractivity contribution >= 4 is 12.1 Å². The molecule has 1 aromatic rings. The minimum absolute atomic E-state index is 0.00998. The zero-order valence-electron chi connectivity index (χ0n) is 15.2. The Hall–Kier alpha value is -2.08. The van der Waals surface area contributed by atoms with Gasteiger partial charge in [-0.15, -0.1) is 0 Å². The Bertz CT molecular complexity index is 612. The van der Waals surface area contributed by atoms with E-state index in [2.05, 4.69) is 5.32 Å². The second-order valence-electron chi connectivity index (χ2n) is 7.20. The van der Waals surface area contributed by atoms with Crippen LogP contribution in [0.3, 0.4) is 0 Å². The molecule has 2 unspecified atom stereocenters. The molecule has 26 heavy (non-hydrogen) atoms. The van der Waals surface area contributed by atoms with Crippen molar-refractivity contribution in [3.63, 3.8) is 0 Å². The Morgan fingerprint density at radius 3 is 2.69 bits per heavy atom. The van der Waals surface area contributed by atoms with Gasteiger partial charge in [0.05, 0.1) is 12.7 Å². The number of carbonyl (C=O) groups excluding carboxylic acids is 2. The number of hydrogen-bond acceptors (Lipinski definition) is 5. The summed E-state index contributed by atoms with van der Waals surface area (Å²) < 4.78 is 16.3. The molecule has 0 aromatic heterocycles. The van der Waals surface area contributed by atoms with Crippen molar-refractivity contribution in [3.8, 4) is 0 Å². The molecule has 1 aliphatic carbocycles. The monoisotopic (exact) mass is 361 g/mol. The van der Waals surface area contributed by atoms with Crippen molar-refractivity contribution in [2.75, 3.05) is 13.7 Å². The number of carbonyl (C=O) groups is 2. The Kier molecular flexibility index (Phi) is 6.14. The first-order valence-electron chi connectivity index (χ1n) is 9.31. The predicted octanol–water partition coefficient (Wildman–Crippen LogP) is 3.19. The number of methoxy groups -OCH3 is 1. The summed E-state index contributed by atoms with van der Waals surface area (Å²) in [7, 11) is 1.30. The zero-order valence-corrected chi connectivity index (χ0v) is 15.2. The van der Waals surface area contributed by atoms with Gasteiger partial charge >= 0.3 is 12.1 Å². The van der Waals surface area contributed by atoms with Crippen molar-refractivity contribution < 1.29 is 23.8 Å². The second-order valence-corrected chi connectivity index (χ2v) is 7.20. The summed E-state index contributed by atoms with van der Waals surface area (Å²) in [5.74, 6) is -0.427. The van der Waals surface area contributed by atoms with E-state index in [9.17, 15) is 9.59 Å². The molecule has 1 amide bonds. The van der Waals surface area contributed by atoms with Crippen LogP contribution >= 0.6 is 0 Å². The lowest BCUT2D eigenvalue weighted by molar-refractivity contribution is -0.153. The molecular weight excluding hydrogens is 334 g/mol. The average Bonchev–Trinajstić information content (AvgIpc) is 3.12. The fourth-order valence-electron chi connectivity index (χ4n) is 4.09. The molecule has 0 radical (unpaired) electrons. The summed E-state index contributed by atoms with van der Waals surface area (Å²) in [5.41, 5.74) is 0.774. The second kappa shape index (κ2) is 8.54. The van der Waals surface area contributed by atoms with Crippen LogP contribution in [0.25, 0.3) is 0 Å². The van der Waals surface area contributed by atoms with Crippen LogP contribution in [0.4, 0.5) is 4.79 Å². The lowest BCUT2D eigenvalue weighted by Crippen LogP contribution is -2.51. The maximum absolute atomic E-state index is 12.7. The molecule has 2 fully saturated rings. The third kappa shape index (κ3) is 4.55. The highest BCUT2D eigenvalue weighted by molar-refractivity contribution is 5.81. The van der Waals surface area contributed by atoms with Gasteiger partial charge in [0, 0.05) is 6.61 Å². The Balaban J connectivity index is 1.67. The number of ether oxygens (including phenoxy) is 3. The summed E-state index contributed by atoms with van der Waals surface area (Å²) in [4.78, 5) is 24.5. The molecule has 1 spiro atoms. The maximum Gasteiger partial charge on any atom is 0.407 e. The minimum Gasteiger partial charge on any atom is -0.459 e. The van der Waals surface area contributed by atoms with Gasteiger partial charge in [-0.05, 0) is 37.2 Å². The molecule has 6 nitrogen and oxygen atoms in total. The van der Waals surface area contributed by atoms with Gasteiger partial charge < -0.3 is 19.5 Å². The highest BCUT2D eigenvalue weighted by Gasteiger charge is 2.44. The van der Waals surface area contributed by atoms with Crippen LogP contribution < -0.4 is 5.32 Å². The van der Waals surface area contributed by atoms with Crippen molar-refractivity contribution in [2.24, 2.45) is 5.92 Å². The number of rotatable bonds is 5. The van der Waals surface area contributed by atoms with Gasteiger partial charge in [-0.3, -0.25) is 0 Å². The van der Waals surface area contributed by atoms with E-state index in [-0.39, 0.29) is 18.1 Å². The van der Waals surface area contributed by atoms with Crippen LogP contribution in [0.1, 0.15) is 44.1 Å². The van der Waals surface area contributed by atoms with Crippen molar-refractivity contribution in [2.45, 2.75) is 56.8 Å². The fourth-order valence-corrected chi connectivity index (χ4v) is 4.09. The van der Waals surface area contributed by atoms with E-state index < -0.39 is 18.1 Å². The third-order valence-corrected chi connectivity index (χ3v) is 5.45. The molecule has 1 aliphatic heterocycles. The molecule has 6 heteroatoms. The van der Waals surface area contributed by atoms with E-state index in [0.29, 0.717) is 6.61 Å². The van der Waals surface area contributed by atoms with Crippen LogP contribution in [0.5, 0.6) is 0 Å². The maximum atomic E-state index is 12.7. The third-order valence-electron chi connectivity index (χ3n) is 5.45. The van der Waals surface area contributed by atoms with Gasteiger partial charge in [0.2, 0.25) is 0 Å². The largest absolute Gasteiger partial charge is 0.459 e. The van der Waals surface area contributed by atoms with Gasteiger partial charge in [0.25, 0.3) is 0 Å². The number of esters is 1. The molecule has 1 N–H and O–H groups in total. The van der Waals surface area contributed by atoms with Crippen molar-refractivity contribution in [1.82, 2.24) is 5.32 Å². The van der Waals surface area contributed by atoms with Crippen LogP contribution in [0, 0.1) is 5.92 Å². The number of benzene rings is 1. The van der Waals surface area contributed by atoms with Crippen LogP contribution in [-0.2, 0) is 25.6 Å². The van der Waals surface area contributed by atoms with Crippen LogP contribution in [0.2, 0.25) is 0 Å². The molecule has 1 saturated heterocycles. The number of nitrogens with one attached hydrogen (secondary N) is 1. The first-order valence-corrected chi connectivity index (χ1v) is 9.31. The normalized spacial score (nSPS) is 22.6. The van der Waals surface area contributed by atoms with E-state index >= 15 is 0 Å². The zero-order chi connectivity index (χ0) is 18.4. The van der Waals surface area contributed by atoms with Crippen molar-refractivity contribution in [3.05, 3.63) is 35.9 Å². The highest BCUT2D eigenvalue weighted by atomic mass is 16.5. The van der Waals surface area contributed by atoms with Gasteiger partial charge in [-0.25, -0.2) is 9.59 Å². The van der Waals surface area contributed by atoms with E-state index in [4.69, 9.17) is 14.2 Å². The Labute approximate surface area is 154 Å². The molecule has 1 saturated carbocycles. The number of hydrogen-bond donors (Lipinski definition) is 1. The SMILES string of the molecule is COC(=O)NC(C(=O)OCc1ccccc1)C1CCOC2(CCCC2)C1. The van der Waals surface area contributed by atoms with E-state index in [1.54, 1.807) is 0 Å². The lowest BCUT2D eigenvalue weighted by Gasteiger charge is -2.40. The molecule has 1 aromatic carbocycles. The summed E-state index contributed by atoms with van der Waals surface area (Å²) in [6, 6.07) is 8.80. The molecule has 142 valence electrons. The average molecular weight is 361 g/mol. The summed E-state index contributed by atoms with van der Waals surface area (Å²) in [6.07, 6.45) is 5.22. The smallest absolute Gasteiger partial charge is 0.407 e. The number of amides is 1. The Morgan fingerprint density at radius 2 is 2.00 bits per heavy atom. The highest BCUT2D eigenvalue weighted by Crippen LogP contribution is 2.43. The van der Waals surface area contributed by atoms with Gasteiger partial charge in [0.15, 0.2) is 0 Å².